The van der Waals surface area contributed by atoms with Gasteiger partial charge in [0, 0.05) is 13.6 Å². The number of rotatable bonds is 1. The van der Waals surface area contributed by atoms with Gasteiger partial charge < -0.3 is 4.90 Å². The molecule has 1 aliphatic rings. The molecule has 0 radical (unpaired) electrons. The Morgan fingerprint density at radius 2 is 2.33 bits per heavy atom. The highest BCUT2D eigenvalue weighted by atomic mass is 19.2. The summed E-state index contributed by atoms with van der Waals surface area (Å²) < 4.78 is 12.4. The van der Waals surface area contributed by atoms with Crippen molar-refractivity contribution in [3.05, 3.63) is 0 Å². The van der Waals surface area contributed by atoms with Crippen LogP contribution in [0.15, 0.2) is 0 Å². The molecule has 0 aromatic rings. The largest absolute Gasteiger partial charge is 0.305 e. The van der Waals surface area contributed by atoms with Crippen LogP contribution in [0, 0.1) is 0 Å². The van der Waals surface area contributed by atoms with E-state index in [0.29, 0.717) is 0 Å². The quantitative estimate of drug-likeness (QED) is 0.479. The van der Waals surface area contributed by atoms with Gasteiger partial charge in [-0.2, -0.15) is 0 Å². The highest BCUT2D eigenvalue weighted by molar-refractivity contribution is 4.76. The molecule has 0 aliphatic carbocycles. The van der Waals surface area contributed by atoms with E-state index < -0.39 is 0 Å². The molecule has 9 heavy (non-hydrogen) atoms. The predicted octanol–water partition coefficient (Wildman–Crippen LogP) is 0.507. The van der Waals surface area contributed by atoms with Gasteiger partial charge in [-0.1, -0.05) is 0 Å². The van der Waals surface area contributed by atoms with Crippen molar-refractivity contribution in [3.63, 3.8) is 0 Å². The van der Waals surface area contributed by atoms with Crippen molar-refractivity contribution in [3.8, 4) is 0 Å². The number of nitrogens with zero attached hydrogens (tertiary/aromatic N) is 2. The molecule has 0 aromatic carbocycles. The van der Waals surface area contributed by atoms with Crippen LogP contribution < -0.4 is 0 Å². The molecule has 3 heteroatoms. The van der Waals surface area contributed by atoms with Crippen molar-refractivity contribution in [2.24, 2.45) is 0 Å². The fraction of sp³-hybridized carbons (Fsp3) is 1.00. The van der Waals surface area contributed by atoms with E-state index in [-0.39, 0.29) is 6.04 Å². The van der Waals surface area contributed by atoms with Crippen molar-refractivity contribution in [1.82, 2.24) is 10.0 Å². The van der Waals surface area contributed by atoms with E-state index >= 15 is 0 Å². The molecular formula is C6H13FN2. The zero-order chi connectivity index (χ0) is 6.85. The third-order valence-corrected chi connectivity index (χ3v) is 1.87. The van der Waals surface area contributed by atoms with Crippen LogP contribution in [0.4, 0.5) is 4.48 Å². The molecular weight excluding hydrogens is 119 g/mol. The topological polar surface area (TPSA) is 6.48 Å². The maximum atomic E-state index is 12.4. The second-order valence-corrected chi connectivity index (χ2v) is 2.73. The second-order valence-electron chi connectivity index (χ2n) is 2.73. The summed E-state index contributed by atoms with van der Waals surface area (Å²) in [7, 11) is 3.51. The van der Waals surface area contributed by atoms with Gasteiger partial charge in [0.25, 0.3) is 0 Å². The van der Waals surface area contributed by atoms with E-state index in [9.17, 15) is 4.48 Å². The lowest BCUT2D eigenvalue weighted by molar-refractivity contribution is 0.0140. The summed E-state index contributed by atoms with van der Waals surface area (Å²) >= 11 is 0. The molecule has 1 rings (SSSR count). The van der Waals surface area contributed by atoms with E-state index in [4.69, 9.17) is 0 Å². The molecule has 2 nitrogen and oxygen atoms in total. The van der Waals surface area contributed by atoms with Crippen molar-refractivity contribution in [1.29, 1.82) is 0 Å². The molecule has 1 aliphatic heterocycles. The van der Waals surface area contributed by atoms with E-state index in [1.54, 1.807) is 0 Å². The number of halogens is 1. The Hall–Kier alpha value is -0.150. The fourth-order valence-electron chi connectivity index (χ4n) is 1.20. The van der Waals surface area contributed by atoms with E-state index in [2.05, 4.69) is 4.90 Å². The highest BCUT2D eigenvalue weighted by Gasteiger charge is 2.22. The van der Waals surface area contributed by atoms with Crippen molar-refractivity contribution in [2.75, 3.05) is 27.2 Å². The summed E-state index contributed by atoms with van der Waals surface area (Å²) in [5.41, 5.74) is 0. The van der Waals surface area contributed by atoms with Gasteiger partial charge in [0.15, 0.2) is 0 Å². The van der Waals surface area contributed by atoms with Crippen molar-refractivity contribution >= 4 is 0 Å². The third kappa shape index (κ3) is 1.63. The van der Waals surface area contributed by atoms with Crippen LogP contribution in [0.1, 0.15) is 6.42 Å². The van der Waals surface area contributed by atoms with Crippen LogP contribution in [0.2, 0.25) is 0 Å². The number of likely N-dealkylation sites (tertiary alicyclic amines) is 1. The summed E-state index contributed by atoms with van der Waals surface area (Å²) in [6.45, 7) is 1.89. The smallest absolute Gasteiger partial charge is 0.0538 e. The first kappa shape index (κ1) is 6.96. The Balaban J connectivity index is 2.30. The lowest BCUT2D eigenvalue weighted by atomic mass is 10.3. The normalized spacial score (nSPS) is 30.0. The molecule has 0 aromatic heterocycles. The van der Waals surface area contributed by atoms with Crippen molar-refractivity contribution < 1.29 is 4.48 Å². The fourth-order valence-corrected chi connectivity index (χ4v) is 1.20. The van der Waals surface area contributed by atoms with Crippen LogP contribution in [-0.4, -0.2) is 43.2 Å². The lowest BCUT2D eigenvalue weighted by Gasteiger charge is -2.13. The minimum Gasteiger partial charge on any atom is -0.305 e. The molecule has 54 valence electrons. The zero-order valence-corrected chi connectivity index (χ0v) is 5.97. The molecule has 1 unspecified atom stereocenters. The Labute approximate surface area is 55.2 Å². The average Bonchev–Trinajstić information content (AvgIpc) is 2.14. The Kier molecular flexibility index (Phi) is 2.03. The van der Waals surface area contributed by atoms with Gasteiger partial charge in [-0.05, 0) is 20.0 Å². The Bertz CT molecular complexity index is 95.1. The van der Waals surface area contributed by atoms with E-state index in [1.807, 2.05) is 7.05 Å². The van der Waals surface area contributed by atoms with Gasteiger partial charge in [0.05, 0.1) is 6.04 Å². The van der Waals surface area contributed by atoms with E-state index in [1.165, 1.54) is 7.05 Å². The average molecular weight is 132 g/mol. The standard InChI is InChI=1S/C6H13FN2/c1-8-4-3-6(5-8)9(2)7/h6H,3-5H2,1-2H3. The molecule has 1 atom stereocenters. The first-order valence-corrected chi connectivity index (χ1v) is 3.27. The summed E-state index contributed by atoms with van der Waals surface area (Å²) in [5.74, 6) is 0. The summed E-state index contributed by atoms with van der Waals surface area (Å²) in [5, 5.41) is 0.809. The zero-order valence-electron chi connectivity index (χ0n) is 5.97. The molecule has 0 amide bonds. The molecule has 0 spiro atoms. The monoisotopic (exact) mass is 132 g/mol. The van der Waals surface area contributed by atoms with Crippen molar-refractivity contribution in [2.45, 2.75) is 12.5 Å². The highest BCUT2D eigenvalue weighted by Crippen LogP contribution is 2.11. The summed E-state index contributed by atoms with van der Waals surface area (Å²) in [6.07, 6.45) is 0.962. The second kappa shape index (κ2) is 2.62. The van der Waals surface area contributed by atoms with Crippen LogP contribution in [-0.2, 0) is 0 Å². The SMILES string of the molecule is CN1CCC(N(C)F)C1. The number of likely N-dealkylation sites (N-methyl/N-ethyl adjacent to an activating group) is 2. The van der Waals surface area contributed by atoms with Crippen LogP contribution in [0.3, 0.4) is 0 Å². The number of hydrogen-bond acceptors (Lipinski definition) is 2. The van der Waals surface area contributed by atoms with Crippen LogP contribution in [0.5, 0.6) is 0 Å². The van der Waals surface area contributed by atoms with Gasteiger partial charge in [-0.25, -0.2) is 0 Å². The first-order chi connectivity index (χ1) is 4.20. The summed E-state index contributed by atoms with van der Waals surface area (Å²) in [4.78, 5) is 2.14. The summed E-state index contributed by atoms with van der Waals surface area (Å²) in [6, 6.07) is 0.134. The Morgan fingerprint density at radius 1 is 1.67 bits per heavy atom. The van der Waals surface area contributed by atoms with Gasteiger partial charge in [0.2, 0.25) is 0 Å². The number of hydrogen-bond donors (Lipinski definition) is 0. The molecule has 1 saturated heterocycles. The maximum absolute atomic E-state index is 12.4. The van der Waals surface area contributed by atoms with Gasteiger partial charge in [-0.15, -0.1) is 9.60 Å². The molecule has 1 fully saturated rings. The van der Waals surface area contributed by atoms with Gasteiger partial charge in [-0.3, -0.25) is 0 Å². The maximum Gasteiger partial charge on any atom is 0.0538 e. The van der Waals surface area contributed by atoms with Gasteiger partial charge in [0.1, 0.15) is 0 Å². The molecule has 0 saturated carbocycles. The minimum absolute atomic E-state index is 0.134. The molecule has 0 bridgehead atoms. The molecule has 0 N–H and O–H groups in total. The predicted molar refractivity (Wildman–Crippen MR) is 34.8 cm³/mol. The molecule has 1 heterocycles. The minimum atomic E-state index is 0.134. The van der Waals surface area contributed by atoms with Crippen LogP contribution in [0.25, 0.3) is 0 Å². The lowest BCUT2D eigenvalue weighted by Crippen LogP contribution is -2.27. The third-order valence-electron chi connectivity index (χ3n) is 1.87. The first-order valence-electron chi connectivity index (χ1n) is 3.27. The van der Waals surface area contributed by atoms with Crippen LogP contribution >= 0.6 is 0 Å². The van der Waals surface area contributed by atoms with E-state index in [0.717, 1.165) is 24.6 Å². The Morgan fingerprint density at radius 3 is 2.56 bits per heavy atom. The van der Waals surface area contributed by atoms with Gasteiger partial charge >= 0.3 is 0 Å².